The zero-order chi connectivity index (χ0) is 13.9. The first-order chi connectivity index (χ1) is 9.72. The minimum absolute atomic E-state index is 0.573. The minimum atomic E-state index is 0.573. The molecule has 0 atom stereocenters. The van der Waals surface area contributed by atoms with Gasteiger partial charge in [-0.15, -0.1) is 0 Å². The maximum Gasteiger partial charge on any atom is 0.120 e. The Kier molecular flexibility index (Phi) is 3.70. The lowest BCUT2D eigenvalue weighted by Gasteiger charge is -2.08. The van der Waals surface area contributed by atoms with Gasteiger partial charge in [0, 0.05) is 15.6 Å². The number of benzene rings is 2. The Hall–Kier alpha value is -1.87. The Labute approximate surface area is 126 Å². The first-order valence-electron chi connectivity index (χ1n) is 6.46. The molecule has 0 N–H and O–H groups in total. The molecule has 20 heavy (non-hydrogen) atoms. The quantitative estimate of drug-likeness (QED) is 0.683. The predicted molar refractivity (Wildman–Crippen MR) is 85.0 cm³/mol. The second kappa shape index (κ2) is 5.63. The van der Waals surface area contributed by atoms with E-state index in [4.69, 9.17) is 4.74 Å². The van der Waals surface area contributed by atoms with Gasteiger partial charge >= 0.3 is 0 Å². The van der Waals surface area contributed by atoms with Gasteiger partial charge in [-0.3, -0.25) is 4.98 Å². The zero-order valence-electron chi connectivity index (χ0n) is 11.1. The average Bonchev–Trinajstić information content (AvgIpc) is 2.46. The van der Waals surface area contributed by atoms with Gasteiger partial charge in [0.15, 0.2) is 0 Å². The molecule has 0 aliphatic rings. The number of hydrogen-bond donors (Lipinski definition) is 0. The number of ether oxygens (including phenoxy) is 1. The van der Waals surface area contributed by atoms with Crippen LogP contribution in [-0.2, 0) is 6.61 Å². The van der Waals surface area contributed by atoms with Crippen LogP contribution in [0.1, 0.15) is 11.3 Å². The molecule has 0 aliphatic heterocycles. The summed E-state index contributed by atoms with van der Waals surface area (Å²) in [7, 11) is 0. The fourth-order valence-corrected chi connectivity index (χ4v) is 2.77. The molecule has 100 valence electrons. The summed E-state index contributed by atoms with van der Waals surface area (Å²) in [6, 6.07) is 18.1. The summed E-state index contributed by atoms with van der Waals surface area (Å²) in [5.74, 6) is 0.854. The highest BCUT2D eigenvalue weighted by Crippen LogP contribution is 2.27. The Morgan fingerprint density at radius 3 is 2.65 bits per heavy atom. The van der Waals surface area contributed by atoms with Gasteiger partial charge < -0.3 is 4.74 Å². The molecule has 2 aromatic carbocycles. The van der Waals surface area contributed by atoms with Crippen molar-refractivity contribution in [3.05, 3.63) is 70.3 Å². The molecule has 1 aromatic heterocycles. The normalized spacial score (nSPS) is 10.7. The number of fused-ring (bicyclic) bond motifs is 1. The maximum absolute atomic E-state index is 5.84. The third-order valence-corrected chi connectivity index (χ3v) is 3.76. The monoisotopic (exact) mass is 327 g/mol. The molecule has 2 nitrogen and oxygen atoms in total. The Balaban J connectivity index is 1.86. The largest absolute Gasteiger partial charge is 0.489 e. The van der Waals surface area contributed by atoms with E-state index < -0.39 is 0 Å². The summed E-state index contributed by atoms with van der Waals surface area (Å²) in [6.45, 7) is 2.56. The Bertz CT molecular complexity index is 741. The smallest absolute Gasteiger partial charge is 0.120 e. The van der Waals surface area contributed by atoms with Crippen LogP contribution in [0.3, 0.4) is 0 Å². The van der Waals surface area contributed by atoms with Crippen molar-refractivity contribution < 1.29 is 4.74 Å². The molecule has 0 aliphatic carbocycles. The van der Waals surface area contributed by atoms with E-state index in [1.807, 2.05) is 49.4 Å². The van der Waals surface area contributed by atoms with Crippen LogP contribution < -0.4 is 4.74 Å². The van der Waals surface area contributed by atoms with Crippen LogP contribution >= 0.6 is 15.9 Å². The highest BCUT2D eigenvalue weighted by molar-refractivity contribution is 9.10. The third-order valence-electron chi connectivity index (χ3n) is 3.11. The summed E-state index contributed by atoms with van der Waals surface area (Å²) < 4.78 is 6.88. The van der Waals surface area contributed by atoms with E-state index in [0.29, 0.717) is 6.61 Å². The van der Waals surface area contributed by atoms with Crippen molar-refractivity contribution in [1.29, 1.82) is 0 Å². The second-order valence-electron chi connectivity index (χ2n) is 4.70. The molecule has 1 heterocycles. The third kappa shape index (κ3) is 2.83. The molecule has 0 unspecified atom stereocenters. The van der Waals surface area contributed by atoms with Crippen LogP contribution in [0, 0.1) is 6.92 Å². The summed E-state index contributed by atoms with van der Waals surface area (Å²) >= 11 is 3.58. The summed E-state index contributed by atoms with van der Waals surface area (Å²) in [4.78, 5) is 4.51. The van der Waals surface area contributed by atoms with E-state index in [-0.39, 0.29) is 0 Å². The van der Waals surface area contributed by atoms with Gasteiger partial charge in [0.1, 0.15) is 12.4 Å². The molecule has 3 heteroatoms. The predicted octanol–water partition coefficient (Wildman–Crippen LogP) is 4.88. The van der Waals surface area contributed by atoms with Crippen LogP contribution in [0.25, 0.3) is 10.9 Å². The van der Waals surface area contributed by atoms with Gasteiger partial charge in [-0.1, -0.05) is 46.3 Å². The van der Waals surface area contributed by atoms with Gasteiger partial charge in [0.25, 0.3) is 0 Å². The molecule has 0 bridgehead atoms. The fraction of sp³-hybridized carbons (Fsp3) is 0.118. The summed E-state index contributed by atoms with van der Waals surface area (Å²) in [5, 5.41) is 1.07. The van der Waals surface area contributed by atoms with E-state index in [1.54, 1.807) is 0 Å². The van der Waals surface area contributed by atoms with Crippen LogP contribution in [0.2, 0.25) is 0 Å². The number of aryl methyl sites for hydroxylation is 1. The lowest BCUT2D eigenvalue weighted by Crippen LogP contribution is -1.95. The molecular weight excluding hydrogens is 314 g/mol. The van der Waals surface area contributed by atoms with Gasteiger partial charge in [-0.05, 0) is 36.8 Å². The van der Waals surface area contributed by atoms with Crippen molar-refractivity contribution in [3.63, 3.8) is 0 Å². The van der Waals surface area contributed by atoms with Crippen molar-refractivity contribution in [2.24, 2.45) is 0 Å². The molecule has 0 radical (unpaired) electrons. The molecule has 0 amide bonds. The van der Waals surface area contributed by atoms with E-state index in [0.717, 1.165) is 32.4 Å². The van der Waals surface area contributed by atoms with Gasteiger partial charge in [-0.2, -0.15) is 0 Å². The van der Waals surface area contributed by atoms with Crippen molar-refractivity contribution in [3.8, 4) is 5.75 Å². The van der Waals surface area contributed by atoms with Crippen molar-refractivity contribution >= 4 is 26.8 Å². The van der Waals surface area contributed by atoms with Crippen LogP contribution in [0.15, 0.2) is 59.1 Å². The number of nitrogens with zero attached hydrogens (tertiary/aromatic N) is 1. The van der Waals surface area contributed by atoms with E-state index in [9.17, 15) is 0 Å². The number of halogens is 1. The fourth-order valence-electron chi connectivity index (χ4n) is 2.12. The Morgan fingerprint density at radius 2 is 1.85 bits per heavy atom. The second-order valence-corrected chi connectivity index (χ2v) is 5.55. The molecule has 0 spiro atoms. The topological polar surface area (TPSA) is 22.1 Å². The van der Waals surface area contributed by atoms with Gasteiger partial charge in [0.05, 0.1) is 5.52 Å². The summed E-state index contributed by atoms with van der Waals surface area (Å²) in [5.41, 5.74) is 3.14. The molecule has 0 saturated carbocycles. The van der Waals surface area contributed by atoms with Crippen LogP contribution in [0.5, 0.6) is 5.75 Å². The number of aromatic nitrogens is 1. The minimum Gasteiger partial charge on any atom is -0.489 e. The molecule has 0 fully saturated rings. The van der Waals surface area contributed by atoms with E-state index in [1.165, 1.54) is 0 Å². The van der Waals surface area contributed by atoms with Crippen molar-refractivity contribution in [1.82, 2.24) is 4.98 Å². The van der Waals surface area contributed by atoms with Crippen LogP contribution in [0.4, 0.5) is 0 Å². The molecule has 0 saturated heterocycles. The van der Waals surface area contributed by atoms with Crippen molar-refractivity contribution in [2.45, 2.75) is 13.5 Å². The average molecular weight is 328 g/mol. The first kappa shape index (κ1) is 13.1. The molecule has 3 aromatic rings. The van der Waals surface area contributed by atoms with E-state index in [2.05, 4.69) is 33.0 Å². The van der Waals surface area contributed by atoms with Crippen LogP contribution in [-0.4, -0.2) is 4.98 Å². The summed E-state index contributed by atoms with van der Waals surface area (Å²) in [6.07, 6.45) is 0. The lowest BCUT2D eigenvalue weighted by molar-refractivity contribution is 0.306. The molecular formula is C17H14BrNO. The Morgan fingerprint density at radius 1 is 1.05 bits per heavy atom. The van der Waals surface area contributed by atoms with E-state index >= 15 is 0 Å². The number of hydrogen-bond acceptors (Lipinski definition) is 2. The van der Waals surface area contributed by atoms with Gasteiger partial charge in [0.2, 0.25) is 0 Å². The number of pyridine rings is 1. The van der Waals surface area contributed by atoms with Crippen molar-refractivity contribution in [2.75, 3.05) is 0 Å². The maximum atomic E-state index is 5.84. The standard InChI is InChI=1S/C17H14BrNO/c1-12-9-16(18)15-10-14(7-8-17(15)19-12)20-11-13-5-3-2-4-6-13/h2-10H,11H2,1H3. The highest BCUT2D eigenvalue weighted by atomic mass is 79.9. The zero-order valence-corrected chi connectivity index (χ0v) is 12.7. The SMILES string of the molecule is Cc1cc(Br)c2cc(OCc3ccccc3)ccc2n1. The number of rotatable bonds is 3. The first-order valence-corrected chi connectivity index (χ1v) is 7.25. The highest BCUT2D eigenvalue weighted by Gasteiger charge is 2.04. The molecule has 3 rings (SSSR count). The van der Waals surface area contributed by atoms with Gasteiger partial charge in [-0.25, -0.2) is 0 Å². The lowest BCUT2D eigenvalue weighted by atomic mass is 10.2.